The number of halogens is 1. The molecule has 4 nitrogen and oxygen atoms in total. The van der Waals surface area contributed by atoms with Crippen molar-refractivity contribution < 1.29 is 4.52 Å². The van der Waals surface area contributed by atoms with Crippen LogP contribution in [-0.2, 0) is 0 Å². The third-order valence-electron chi connectivity index (χ3n) is 2.88. The minimum Gasteiger partial charge on any atom is -0.339 e. The molecule has 1 atom stereocenters. The van der Waals surface area contributed by atoms with E-state index in [1.165, 1.54) is 6.42 Å². The van der Waals surface area contributed by atoms with E-state index in [1.54, 1.807) is 11.3 Å². The van der Waals surface area contributed by atoms with Gasteiger partial charge in [-0.2, -0.15) is 4.98 Å². The summed E-state index contributed by atoms with van der Waals surface area (Å²) in [5.41, 5.74) is 0. The van der Waals surface area contributed by atoms with Crippen molar-refractivity contribution in [3.8, 4) is 10.7 Å². The number of rotatable bonds is 2. The lowest BCUT2D eigenvalue weighted by Gasteiger charge is -2.18. The molecule has 1 N–H and O–H groups in total. The first-order valence-electron chi connectivity index (χ1n) is 5.63. The van der Waals surface area contributed by atoms with E-state index in [4.69, 9.17) is 4.52 Å². The number of thiophene rings is 1. The summed E-state index contributed by atoms with van der Waals surface area (Å²) in [6.45, 7) is 2.03. The second-order valence-electron chi connectivity index (χ2n) is 4.10. The van der Waals surface area contributed by atoms with Gasteiger partial charge in [-0.25, -0.2) is 0 Å². The predicted octanol–water partition coefficient (Wildman–Crippen LogP) is 3.03. The Labute approximate surface area is 112 Å². The van der Waals surface area contributed by atoms with E-state index >= 15 is 0 Å². The molecule has 17 heavy (non-hydrogen) atoms. The monoisotopic (exact) mass is 313 g/mol. The zero-order valence-corrected chi connectivity index (χ0v) is 11.6. The topological polar surface area (TPSA) is 51.0 Å². The summed E-state index contributed by atoms with van der Waals surface area (Å²) in [6, 6.07) is 4.00. The lowest BCUT2D eigenvalue weighted by molar-refractivity contribution is 0.322. The molecule has 0 spiro atoms. The van der Waals surface area contributed by atoms with E-state index < -0.39 is 0 Å². The average Bonchev–Trinajstić information content (AvgIpc) is 2.98. The Kier molecular flexibility index (Phi) is 3.26. The van der Waals surface area contributed by atoms with Crippen molar-refractivity contribution in [3.63, 3.8) is 0 Å². The predicted molar refractivity (Wildman–Crippen MR) is 70.2 cm³/mol. The van der Waals surface area contributed by atoms with E-state index in [2.05, 4.69) is 31.4 Å². The first kappa shape index (κ1) is 11.4. The van der Waals surface area contributed by atoms with Gasteiger partial charge < -0.3 is 9.84 Å². The van der Waals surface area contributed by atoms with Crippen LogP contribution in [0.25, 0.3) is 10.7 Å². The molecule has 0 radical (unpaired) electrons. The van der Waals surface area contributed by atoms with Crippen molar-refractivity contribution >= 4 is 27.3 Å². The zero-order valence-electron chi connectivity index (χ0n) is 9.15. The van der Waals surface area contributed by atoms with Gasteiger partial charge >= 0.3 is 0 Å². The maximum absolute atomic E-state index is 5.36. The summed E-state index contributed by atoms with van der Waals surface area (Å²) in [4.78, 5) is 5.53. The van der Waals surface area contributed by atoms with Gasteiger partial charge in [0.1, 0.15) is 0 Å². The van der Waals surface area contributed by atoms with Crippen LogP contribution in [0.3, 0.4) is 0 Å². The molecule has 0 amide bonds. The van der Waals surface area contributed by atoms with Gasteiger partial charge in [-0.3, -0.25) is 0 Å². The molecule has 0 aromatic carbocycles. The quantitative estimate of drug-likeness (QED) is 0.926. The van der Waals surface area contributed by atoms with Crippen LogP contribution in [0.1, 0.15) is 24.7 Å². The third-order valence-corrected chi connectivity index (χ3v) is 4.50. The molecule has 0 unspecified atom stereocenters. The van der Waals surface area contributed by atoms with Crippen molar-refractivity contribution in [3.05, 3.63) is 21.8 Å². The van der Waals surface area contributed by atoms with Crippen molar-refractivity contribution in [2.24, 2.45) is 0 Å². The molecule has 0 saturated carbocycles. The standard InChI is InChI=1S/C11H12BrN3OS/c12-9-4-3-8(17-9)10-14-11(16-15-10)7-2-1-5-13-6-7/h3-4,7,13H,1-2,5-6H2/t7-/m0/s1. The Balaban J connectivity index is 1.82. The minimum atomic E-state index is 0.369. The second-order valence-corrected chi connectivity index (χ2v) is 6.57. The van der Waals surface area contributed by atoms with E-state index in [0.29, 0.717) is 11.7 Å². The van der Waals surface area contributed by atoms with Crippen molar-refractivity contribution in [2.45, 2.75) is 18.8 Å². The van der Waals surface area contributed by atoms with Gasteiger partial charge in [0.2, 0.25) is 11.7 Å². The van der Waals surface area contributed by atoms with Gasteiger partial charge in [0.15, 0.2) is 0 Å². The largest absolute Gasteiger partial charge is 0.339 e. The van der Waals surface area contributed by atoms with E-state index in [0.717, 1.165) is 34.1 Å². The normalized spacial score (nSPS) is 20.6. The summed E-state index contributed by atoms with van der Waals surface area (Å²) in [5, 5.41) is 7.40. The average molecular weight is 314 g/mol. The van der Waals surface area contributed by atoms with Crippen LogP contribution in [0.5, 0.6) is 0 Å². The lowest BCUT2D eigenvalue weighted by Crippen LogP contribution is -2.28. The summed E-state index contributed by atoms with van der Waals surface area (Å²) < 4.78 is 6.44. The second kappa shape index (κ2) is 4.88. The number of aromatic nitrogens is 2. The summed E-state index contributed by atoms with van der Waals surface area (Å²) in [6.07, 6.45) is 2.30. The number of nitrogens with zero attached hydrogens (tertiary/aromatic N) is 2. The summed E-state index contributed by atoms with van der Waals surface area (Å²) >= 11 is 5.05. The van der Waals surface area contributed by atoms with Crippen LogP contribution in [0, 0.1) is 0 Å². The molecule has 6 heteroatoms. The molecule has 1 aliphatic rings. The van der Waals surface area contributed by atoms with E-state index in [9.17, 15) is 0 Å². The molecule has 0 aliphatic carbocycles. The number of piperidine rings is 1. The fourth-order valence-corrected chi connectivity index (χ4v) is 3.31. The first-order chi connectivity index (χ1) is 8.33. The first-order valence-corrected chi connectivity index (χ1v) is 7.24. The Bertz CT molecular complexity index is 504. The van der Waals surface area contributed by atoms with E-state index in [-0.39, 0.29) is 0 Å². The highest BCUT2D eigenvalue weighted by atomic mass is 79.9. The highest BCUT2D eigenvalue weighted by Gasteiger charge is 2.21. The van der Waals surface area contributed by atoms with Gasteiger partial charge in [0.25, 0.3) is 0 Å². The zero-order chi connectivity index (χ0) is 11.7. The van der Waals surface area contributed by atoms with Crippen LogP contribution in [0.15, 0.2) is 20.4 Å². The Morgan fingerprint density at radius 1 is 1.47 bits per heavy atom. The summed E-state index contributed by atoms with van der Waals surface area (Å²) in [7, 11) is 0. The van der Waals surface area contributed by atoms with Crippen molar-refractivity contribution in [2.75, 3.05) is 13.1 Å². The lowest BCUT2D eigenvalue weighted by atomic mass is 10.00. The van der Waals surface area contributed by atoms with Gasteiger partial charge in [0.05, 0.1) is 14.6 Å². The van der Waals surface area contributed by atoms with Crippen molar-refractivity contribution in [1.82, 2.24) is 15.5 Å². The molecule has 90 valence electrons. The fourth-order valence-electron chi connectivity index (χ4n) is 2.00. The van der Waals surface area contributed by atoms with Crippen molar-refractivity contribution in [1.29, 1.82) is 0 Å². The van der Waals surface area contributed by atoms with Crippen LogP contribution >= 0.6 is 27.3 Å². The molecule has 1 saturated heterocycles. The van der Waals surface area contributed by atoms with Crippen LogP contribution < -0.4 is 5.32 Å². The molecule has 2 aromatic heterocycles. The molecule has 3 rings (SSSR count). The highest BCUT2D eigenvalue weighted by Crippen LogP contribution is 2.31. The molecule has 2 aromatic rings. The molecule has 0 bridgehead atoms. The van der Waals surface area contributed by atoms with Crippen LogP contribution in [0.2, 0.25) is 0 Å². The fraction of sp³-hybridized carbons (Fsp3) is 0.455. The smallest absolute Gasteiger partial charge is 0.231 e. The van der Waals surface area contributed by atoms with Crippen LogP contribution in [-0.4, -0.2) is 23.2 Å². The maximum Gasteiger partial charge on any atom is 0.231 e. The Morgan fingerprint density at radius 3 is 3.12 bits per heavy atom. The van der Waals surface area contributed by atoms with Gasteiger partial charge in [0, 0.05) is 6.54 Å². The van der Waals surface area contributed by atoms with Gasteiger partial charge in [-0.1, -0.05) is 5.16 Å². The minimum absolute atomic E-state index is 0.369. The number of hydrogen-bond acceptors (Lipinski definition) is 5. The number of hydrogen-bond donors (Lipinski definition) is 1. The Hall–Kier alpha value is -0.720. The molecular weight excluding hydrogens is 302 g/mol. The number of nitrogens with one attached hydrogen (secondary N) is 1. The SMILES string of the molecule is Brc1ccc(-c2noc([C@H]3CCCNC3)n2)s1. The summed E-state index contributed by atoms with van der Waals surface area (Å²) in [5.74, 6) is 1.83. The highest BCUT2D eigenvalue weighted by molar-refractivity contribution is 9.11. The molecule has 1 fully saturated rings. The Morgan fingerprint density at radius 2 is 2.41 bits per heavy atom. The molecule has 1 aliphatic heterocycles. The maximum atomic E-state index is 5.36. The van der Waals surface area contributed by atoms with E-state index in [1.807, 2.05) is 12.1 Å². The van der Waals surface area contributed by atoms with Gasteiger partial charge in [-0.15, -0.1) is 11.3 Å². The van der Waals surface area contributed by atoms with Gasteiger partial charge in [-0.05, 0) is 47.4 Å². The molecule has 3 heterocycles. The molecular formula is C11H12BrN3OS. The van der Waals surface area contributed by atoms with Crippen LogP contribution in [0.4, 0.5) is 0 Å². The third kappa shape index (κ3) is 2.43.